The van der Waals surface area contributed by atoms with Crippen molar-refractivity contribution in [2.45, 2.75) is 20.5 Å². The first kappa shape index (κ1) is 17.6. The van der Waals surface area contributed by atoms with Gasteiger partial charge in [-0.2, -0.15) is 11.3 Å². The fraction of sp³-hybridized carbons (Fsp3) is 0.158. The summed E-state index contributed by atoms with van der Waals surface area (Å²) in [5.74, 6) is -0.158. The molecule has 0 aliphatic rings. The first-order chi connectivity index (χ1) is 13.0. The number of thiophene rings is 1. The number of nitrogens with zero attached hydrogens (tertiary/aromatic N) is 2. The third-order valence-corrected chi connectivity index (χ3v) is 5.95. The highest BCUT2D eigenvalue weighted by Gasteiger charge is 2.18. The summed E-state index contributed by atoms with van der Waals surface area (Å²) < 4.78 is 5.37. The zero-order valence-corrected chi connectivity index (χ0v) is 16.2. The number of H-pyrrole nitrogens is 1. The molecule has 0 unspecified atom stereocenters. The average molecular weight is 397 g/mol. The molecule has 6 nitrogen and oxygen atoms in total. The van der Waals surface area contributed by atoms with E-state index in [1.807, 2.05) is 35.9 Å². The summed E-state index contributed by atoms with van der Waals surface area (Å²) in [6, 6.07) is 7.38. The number of thiazole rings is 1. The van der Waals surface area contributed by atoms with Crippen molar-refractivity contribution in [2.24, 2.45) is 0 Å². The minimum Gasteiger partial charge on any atom is -0.453 e. The quantitative estimate of drug-likeness (QED) is 0.525. The molecule has 0 aliphatic carbocycles. The highest BCUT2D eigenvalue weighted by Crippen LogP contribution is 2.29. The van der Waals surface area contributed by atoms with Crippen LogP contribution >= 0.6 is 22.7 Å². The lowest BCUT2D eigenvalue weighted by Gasteiger charge is -2.06. The summed E-state index contributed by atoms with van der Waals surface area (Å²) in [6.07, 6.45) is 0. The number of carbonyl (C=O) groups is 1. The summed E-state index contributed by atoms with van der Waals surface area (Å²) in [7, 11) is 0. The van der Waals surface area contributed by atoms with Gasteiger partial charge in [0.1, 0.15) is 22.3 Å². The first-order valence-electron chi connectivity index (χ1n) is 8.18. The van der Waals surface area contributed by atoms with Crippen molar-refractivity contribution in [1.82, 2.24) is 15.0 Å². The SMILES string of the molecule is Cc1nc(-c2ccsc2)sc1C(=O)OCc1nc2c(C)cccc2c(=O)[nH]1. The molecule has 3 aromatic heterocycles. The standard InChI is InChI=1S/C19H15N3O3S2/c1-10-4-3-5-13-15(10)21-14(22-17(13)23)8-25-19(24)16-11(2)20-18(27-16)12-6-7-26-9-12/h3-7,9H,8H2,1-2H3,(H,21,22,23). The molecule has 1 aromatic carbocycles. The maximum Gasteiger partial charge on any atom is 0.350 e. The van der Waals surface area contributed by atoms with Crippen molar-refractivity contribution in [1.29, 1.82) is 0 Å². The average Bonchev–Trinajstić information content (AvgIpc) is 3.30. The number of aryl methyl sites for hydroxylation is 2. The molecule has 0 saturated carbocycles. The highest BCUT2D eigenvalue weighted by atomic mass is 32.1. The number of carbonyl (C=O) groups excluding carboxylic acids is 1. The molecule has 3 heterocycles. The normalized spacial score (nSPS) is 11.0. The molecule has 4 aromatic rings. The van der Waals surface area contributed by atoms with Crippen LogP contribution in [0, 0.1) is 13.8 Å². The summed E-state index contributed by atoms with van der Waals surface area (Å²) >= 11 is 2.87. The molecule has 27 heavy (non-hydrogen) atoms. The van der Waals surface area contributed by atoms with Gasteiger partial charge in [0, 0.05) is 10.9 Å². The van der Waals surface area contributed by atoms with Crippen LogP contribution in [0.25, 0.3) is 21.5 Å². The van der Waals surface area contributed by atoms with E-state index in [2.05, 4.69) is 15.0 Å². The van der Waals surface area contributed by atoms with Gasteiger partial charge >= 0.3 is 5.97 Å². The smallest absolute Gasteiger partial charge is 0.350 e. The van der Waals surface area contributed by atoms with E-state index in [0.29, 0.717) is 27.3 Å². The molecule has 0 aliphatic heterocycles. The molecule has 0 bridgehead atoms. The van der Waals surface area contributed by atoms with Gasteiger partial charge in [0.25, 0.3) is 5.56 Å². The maximum absolute atomic E-state index is 12.5. The van der Waals surface area contributed by atoms with Crippen molar-refractivity contribution < 1.29 is 9.53 Å². The Balaban J connectivity index is 1.56. The van der Waals surface area contributed by atoms with Gasteiger partial charge in [-0.05, 0) is 36.9 Å². The second kappa shape index (κ2) is 7.05. The van der Waals surface area contributed by atoms with Crippen LogP contribution in [0.4, 0.5) is 0 Å². The number of aromatic nitrogens is 3. The number of hydrogen-bond donors (Lipinski definition) is 1. The number of para-hydroxylation sites is 1. The van der Waals surface area contributed by atoms with Crippen LogP contribution in [0.1, 0.15) is 26.8 Å². The van der Waals surface area contributed by atoms with E-state index in [9.17, 15) is 9.59 Å². The second-order valence-electron chi connectivity index (χ2n) is 6.01. The van der Waals surface area contributed by atoms with E-state index in [-0.39, 0.29) is 12.2 Å². The number of rotatable bonds is 4. The summed E-state index contributed by atoms with van der Waals surface area (Å²) in [5, 5.41) is 5.25. The second-order valence-corrected chi connectivity index (χ2v) is 7.78. The van der Waals surface area contributed by atoms with Gasteiger partial charge in [-0.15, -0.1) is 11.3 Å². The van der Waals surface area contributed by atoms with Gasteiger partial charge in [-0.25, -0.2) is 14.8 Å². The van der Waals surface area contributed by atoms with Crippen LogP contribution in [0.5, 0.6) is 0 Å². The molecule has 0 fully saturated rings. The third kappa shape index (κ3) is 3.41. The fourth-order valence-electron chi connectivity index (χ4n) is 2.72. The van der Waals surface area contributed by atoms with Crippen LogP contribution < -0.4 is 5.56 Å². The zero-order chi connectivity index (χ0) is 19.0. The van der Waals surface area contributed by atoms with Crippen molar-refractivity contribution >= 4 is 39.5 Å². The molecule has 8 heteroatoms. The third-order valence-electron chi connectivity index (χ3n) is 4.08. The summed E-state index contributed by atoms with van der Waals surface area (Å²) in [5.41, 5.74) is 2.87. The Hall–Kier alpha value is -2.84. The van der Waals surface area contributed by atoms with Crippen LogP contribution in [-0.4, -0.2) is 20.9 Å². The molecule has 4 rings (SSSR count). The number of fused-ring (bicyclic) bond motifs is 1. The van der Waals surface area contributed by atoms with E-state index < -0.39 is 5.97 Å². The van der Waals surface area contributed by atoms with Gasteiger partial charge in [0.15, 0.2) is 0 Å². The van der Waals surface area contributed by atoms with Crippen molar-refractivity contribution in [3.05, 3.63) is 67.3 Å². The molecule has 0 spiro atoms. The predicted octanol–water partition coefficient (Wildman–Crippen LogP) is 4.08. The molecule has 136 valence electrons. The number of aromatic amines is 1. The molecular formula is C19H15N3O3S2. The number of hydrogen-bond acceptors (Lipinski definition) is 7. The number of esters is 1. The molecular weight excluding hydrogens is 382 g/mol. The topological polar surface area (TPSA) is 84.9 Å². The summed E-state index contributed by atoms with van der Waals surface area (Å²) in [4.78, 5) is 36.7. The van der Waals surface area contributed by atoms with E-state index in [1.54, 1.807) is 24.3 Å². The number of nitrogens with one attached hydrogen (secondary N) is 1. The lowest BCUT2D eigenvalue weighted by atomic mass is 10.1. The van der Waals surface area contributed by atoms with Gasteiger partial charge < -0.3 is 9.72 Å². The lowest BCUT2D eigenvalue weighted by Crippen LogP contribution is -2.15. The van der Waals surface area contributed by atoms with Gasteiger partial charge in [-0.3, -0.25) is 4.79 Å². The molecule has 0 amide bonds. The van der Waals surface area contributed by atoms with Crippen molar-refractivity contribution in [3.63, 3.8) is 0 Å². The van der Waals surface area contributed by atoms with E-state index in [1.165, 1.54) is 11.3 Å². The Morgan fingerprint density at radius 1 is 1.22 bits per heavy atom. The largest absolute Gasteiger partial charge is 0.453 e. The predicted molar refractivity (Wildman–Crippen MR) is 106 cm³/mol. The Kier molecular flexibility index (Phi) is 4.59. The van der Waals surface area contributed by atoms with E-state index in [0.717, 1.165) is 16.1 Å². The van der Waals surface area contributed by atoms with Crippen molar-refractivity contribution in [3.8, 4) is 10.6 Å². The van der Waals surface area contributed by atoms with Crippen molar-refractivity contribution in [2.75, 3.05) is 0 Å². The zero-order valence-electron chi connectivity index (χ0n) is 14.6. The Bertz CT molecular complexity index is 1190. The maximum atomic E-state index is 12.5. The molecule has 1 N–H and O–H groups in total. The monoisotopic (exact) mass is 397 g/mol. The minimum absolute atomic E-state index is 0.108. The van der Waals surface area contributed by atoms with Crippen LogP contribution in [0.2, 0.25) is 0 Å². The van der Waals surface area contributed by atoms with Crippen LogP contribution in [-0.2, 0) is 11.3 Å². The van der Waals surface area contributed by atoms with E-state index in [4.69, 9.17) is 4.74 Å². The number of benzene rings is 1. The first-order valence-corrected chi connectivity index (χ1v) is 9.94. The van der Waals surface area contributed by atoms with Gasteiger partial charge in [-0.1, -0.05) is 12.1 Å². The Morgan fingerprint density at radius 2 is 2.07 bits per heavy atom. The molecule has 0 saturated heterocycles. The highest BCUT2D eigenvalue weighted by molar-refractivity contribution is 7.17. The van der Waals surface area contributed by atoms with E-state index >= 15 is 0 Å². The lowest BCUT2D eigenvalue weighted by molar-refractivity contribution is 0.0467. The number of ether oxygens (including phenoxy) is 1. The molecule has 0 atom stereocenters. The minimum atomic E-state index is -0.473. The van der Waals surface area contributed by atoms with Crippen LogP contribution in [0.3, 0.4) is 0 Å². The Labute approximate surface area is 162 Å². The van der Waals surface area contributed by atoms with Gasteiger partial charge in [0.2, 0.25) is 0 Å². The Morgan fingerprint density at radius 3 is 2.85 bits per heavy atom. The summed E-state index contributed by atoms with van der Waals surface area (Å²) in [6.45, 7) is 3.56. The van der Waals surface area contributed by atoms with Gasteiger partial charge in [0.05, 0.1) is 16.6 Å². The fourth-order valence-corrected chi connectivity index (χ4v) is 4.39. The van der Waals surface area contributed by atoms with Crippen LogP contribution in [0.15, 0.2) is 39.8 Å². The molecule has 0 radical (unpaired) electrons.